The fourth-order valence-electron chi connectivity index (χ4n) is 7.60. The van der Waals surface area contributed by atoms with E-state index < -0.39 is 0 Å². The van der Waals surface area contributed by atoms with E-state index in [1.54, 1.807) is 0 Å². The number of nitrogens with two attached hydrogens (primary N) is 1. The minimum Gasteiger partial charge on any atom is -0.383 e. The number of fused-ring (bicyclic) bond motifs is 3. The van der Waals surface area contributed by atoms with E-state index in [4.69, 9.17) is 15.7 Å². The van der Waals surface area contributed by atoms with E-state index >= 15 is 0 Å². The molecule has 0 spiro atoms. The van der Waals surface area contributed by atoms with Gasteiger partial charge in [-0.05, 0) is 72.0 Å². The Bertz CT molecular complexity index is 2800. The molecule has 2 N–H and O–H groups in total. The maximum Gasteiger partial charge on any atom is 0.158 e. The first-order valence-electron chi connectivity index (χ1n) is 19.0. The van der Waals surface area contributed by atoms with Gasteiger partial charge in [0.15, 0.2) is 5.84 Å². The normalized spacial score (nSPS) is 12.2. The first kappa shape index (κ1) is 35.9. The van der Waals surface area contributed by atoms with Gasteiger partial charge in [-0.25, -0.2) is 4.99 Å². The van der Waals surface area contributed by atoms with Crippen LogP contribution in [0.1, 0.15) is 48.6 Å². The first-order chi connectivity index (χ1) is 27.3. The van der Waals surface area contributed by atoms with Crippen molar-refractivity contribution in [2.24, 2.45) is 15.7 Å². The summed E-state index contributed by atoms with van der Waals surface area (Å²) in [5.41, 5.74) is 17.8. The molecule has 0 saturated carbocycles. The number of benzene rings is 8. The SMILES string of the molecule is CC(C)(C)c1cc(-c2ccc(-c3c(C(/N=C(\N)c4ccccc4)=N/Cc4ccccc4)c4ccccc4c4ccccc34)cc2)ccc1-c1ccccc1C#N. The molecular formula is C52H42N4. The average Bonchev–Trinajstić information content (AvgIpc) is 3.25. The summed E-state index contributed by atoms with van der Waals surface area (Å²) in [5, 5.41) is 14.4. The Balaban J connectivity index is 1.32. The van der Waals surface area contributed by atoms with Crippen molar-refractivity contribution in [3.8, 4) is 39.4 Å². The van der Waals surface area contributed by atoms with Gasteiger partial charge in [0, 0.05) is 16.7 Å². The van der Waals surface area contributed by atoms with Gasteiger partial charge in [0.1, 0.15) is 5.84 Å². The Morgan fingerprint density at radius 1 is 0.571 bits per heavy atom. The number of nitrogens with zero attached hydrogens (tertiary/aromatic N) is 3. The number of hydrogen-bond acceptors (Lipinski definition) is 2. The molecule has 270 valence electrons. The molecule has 0 aromatic heterocycles. The van der Waals surface area contributed by atoms with Gasteiger partial charge in [-0.2, -0.15) is 5.26 Å². The molecule has 56 heavy (non-hydrogen) atoms. The monoisotopic (exact) mass is 722 g/mol. The van der Waals surface area contributed by atoms with Crippen LogP contribution in [0, 0.1) is 11.3 Å². The standard InChI is InChI=1S/C52H42N4/c1-52(2,3)47-32-39(30-31-44(47)41-21-11-10-20-40(41)33-53)36-26-28-37(29-27-36)48-45-24-14-12-22-42(45)43-23-13-15-25-46(43)49(48)51(55-34-35-16-6-4-7-17-35)56-50(54)38-18-8-5-9-19-38/h4-32H,34H2,1-3H3,(H2,54,55,56). The second-order valence-electron chi connectivity index (χ2n) is 15.1. The molecule has 0 bridgehead atoms. The highest BCUT2D eigenvalue weighted by Gasteiger charge is 2.23. The van der Waals surface area contributed by atoms with Crippen LogP contribution in [0.4, 0.5) is 0 Å². The lowest BCUT2D eigenvalue weighted by atomic mass is 9.79. The highest BCUT2D eigenvalue weighted by molar-refractivity contribution is 6.27. The minimum absolute atomic E-state index is 0.148. The zero-order valence-electron chi connectivity index (χ0n) is 31.9. The molecule has 0 aliphatic heterocycles. The van der Waals surface area contributed by atoms with Crippen molar-refractivity contribution < 1.29 is 0 Å². The van der Waals surface area contributed by atoms with Gasteiger partial charge in [-0.3, -0.25) is 4.99 Å². The van der Waals surface area contributed by atoms with E-state index in [1.807, 2.05) is 72.8 Å². The van der Waals surface area contributed by atoms with E-state index in [0.717, 1.165) is 71.6 Å². The molecule has 0 heterocycles. The summed E-state index contributed by atoms with van der Waals surface area (Å²) in [6, 6.07) is 62.9. The van der Waals surface area contributed by atoms with Crippen molar-refractivity contribution in [1.29, 1.82) is 5.26 Å². The van der Waals surface area contributed by atoms with E-state index in [-0.39, 0.29) is 5.41 Å². The number of aliphatic imine (C=N–C) groups is 2. The minimum atomic E-state index is -0.148. The Labute approximate surface area is 329 Å². The molecule has 4 heteroatoms. The zero-order valence-corrected chi connectivity index (χ0v) is 31.9. The number of hydrogen-bond donors (Lipinski definition) is 1. The van der Waals surface area contributed by atoms with Gasteiger partial charge in [-0.1, -0.05) is 191 Å². The Morgan fingerprint density at radius 2 is 1.12 bits per heavy atom. The third-order valence-corrected chi connectivity index (χ3v) is 10.4. The summed E-state index contributed by atoms with van der Waals surface area (Å²) >= 11 is 0. The second kappa shape index (κ2) is 15.3. The Hall–Kier alpha value is -7.09. The van der Waals surface area contributed by atoms with Gasteiger partial charge in [0.25, 0.3) is 0 Å². The molecule has 8 rings (SSSR count). The summed E-state index contributed by atoms with van der Waals surface area (Å²) in [6.45, 7) is 7.13. The molecule has 0 aliphatic carbocycles. The summed E-state index contributed by atoms with van der Waals surface area (Å²) in [5.74, 6) is 0.991. The van der Waals surface area contributed by atoms with E-state index in [0.29, 0.717) is 23.8 Å². The van der Waals surface area contributed by atoms with Gasteiger partial charge in [0.2, 0.25) is 0 Å². The molecule has 0 saturated heterocycles. The van der Waals surface area contributed by atoms with Crippen LogP contribution < -0.4 is 5.73 Å². The van der Waals surface area contributed by atoms with Crippen molar-refractivity contribution in [3.05, 3.63) is 204 Å². The smallest absolute Gasteiger partial charge is 0.158 e. The summed E-state index contributed by atoms with van der Waals surface area (Å²) in [7, 11) is 0. The molecule has 0 aliphatic rings. The Kier molecular flexibility index (Phi) is 9.84. The molecule has 0 radical (unpaired) electrons. The second-order valence-corrected chi connectivity index (χ2v) is 15.1. The van der Waals surface area contributed by atoms with Crippen LogP contribution in [0.5, 0.6) is 0 Å². The first-order valence-corrected chi connectivity index (χ1v) is 19.0. The van der Waals surface area contributed by atoms with Crippen LogP contribution in [0.3, 0.4) is 0 Å². The summed E-state index contributed by atoms with van der Waals surface area (Å²) in [4.78, 5) is 10.4. The molecule has 0 amide bonds. The maximum atomic E-state index is 9.91. The summed E-state index contributed by atoms with van der Waals surface area (Å²) in [6.07, 6.45) is 0. The largest absolute Gasteiger partial charge is 0.383 e. The maximum absolute atomic E-state index is 9.91. The molecule has 4 nitrogen and oxygen atoms in total. The van der Waals surface area contributed by atoms with Crippen molar-refractivity contribution in [2.45, 2.75) is 32.7 Å². The topological polar surface area (TPSA) is 74.5 Å². The van der Waals surface area contributed by atoms with Gasteiger partial charge < -0.3 is 5.73 Å². The van der Waals surface area contributed by atoms with E-state index in [1.165, 1.54) is 5.56 Å². The van der Waals surface area contributed by atoms with Crippen LogP contribution in [0.2, 0.25) is 0 Å². The average molecular weight is 723 g/mol. The predicted octanol–water partition coefficient (Wildman–Crippen LogP) is 12.5. The third-order valence-electron chi connectivity index (χ3n) is 10.4. The van der Waals surface area contributed by atoms with Crippen LogP contribution in [0.25, 0.3) is 54.9 Å². The quantitative estimate of drug-likeness (QED) is 0.101. The third kappa shape index (κ3) is 7.11. The Morgan fingerprint density at radius 3 is 1.80 bits per heavy atom. The van der Waals surface area contributed by atoms with E-state index in [2.05, 4.69) is 130 Å². The molecule has 0 atom stereocenters. The molecule has 8 aromatic carbocycles. The van der Waals surface area contributed by atoms with E-state index in [9.17, 15) is 5.26 Å². The van der Waals surface area contributed by atoms with Gasteiger partial charge >= 0.3 is 0 Å². The highest BCUT2D eigenvalue weighted by Crippen LogP contribution is 2.42. The fraction of sp³-hybridized carbons (Fsp3) is 0.0962. The molecule has 0 fully saturated rings. The van der Waals surface area contributed by atoms with Crippen molar-refractivity contribution in [1.82, 2.24) is 0 Å². The lowest BCUT2D eigenvalue weighted by Gasteiger charge is -2.25. The lowest BCUT2D eigenvalue weighted by molar-refractivity contribution is 0.592. The van der Waals surface area contributed by atoms with Crippen LogP contribution >= 0.6 is 0 Å². The van der Waals surface area contributed by atoms with Gasteiger partial charge in [-0.15, -0.1) is 0 Å². The van der Waals surface area contributed by atoms with Crippen molar-refractivity contribution in [3.63, 3.8) is 0 Å². The van der Waals surface area contributed by atoms with Crippen molar-refractivity contribution in [2.75, 3.05) is 0 Å². The van der Waals surface area contributed by atoms with Crippen LogP contribution in [-0.4, -0.2) is 11.7 Å². The van der Waals surface area contributed by atoms with Crippen molar-refractivity contribution >= 4 is 33.2 Å². The number of nitriles is 1. The van der Waals surface area contributed by atoms with Crippen LogP contribution in [-0.2, 0) is 12.0 Å². The predicted molar refractivity (Wildman–Crippen MR) is 235 cm³/mol. The lowest BCUT2D eigenvalue weighted by Crippen LogP contribution is -2.17. The molecule has 8 aromatic rings. The summed E-state index contributed by atoms with van der Waals surface area (Å²) < 4.78 is 0. The fourth-order valence-corrected chi connectivity index (χ4v) is 7.60. The zero-order chi connectivity index (χ0) is 38.6. The highest BCUT2D eigenvalue weighted by atomic mass is 15.0. The number of amidine groups is 2. The van der Waals surface area contributed by atoms with Gasteiger partial charge in [0.05, 0.1) is 18.2 Å². The van der Waals surface area contributed by atoms with Crippen LogP contribution in [0.15, 0.2) is 186 Å². The molecular weight excluding hydrogens is 681 g/mol. The number of rotatable bonds is 7. The molecule has 0 unspecified atom stereocenters.